The smallest absolute Gasteiger partial charge is 0.243 e. The van der Waals surface area contributed by atoms with Gasteiger partial charge in [-0.3, -0.25) is 4.79 Å². The first-order valence-electron chi connectivity index (χ1n) is 9.56. The summed E-state index contributed by atoms with van der Waals surface area (Å²) in [6.45, 7) is 6.47. The maximum Gasteiger partial charge on any atom is 0.243 e. The number of rotatable bonds is 8. The maximum atomic E-state index is 13.2. The van der Waals surface area contributed by atoms with Crippen LogP contribution in [0.3, 0.4) is 0 Å². The van der Waals surface area contributed by atoms with E-state index in [2.05, 4.69) is 5.32 Å². The minimum atomic E-state index is -3.73. The lowest BCUT2D eigenvalue weighted by atomic mass is 10.0. The third-order valence-corrected chi connectivity index (χ3v) is 6.93. The molecule has 0 fully saturated rings. The van der Waals surface area contributed by atoms with Crippen molar-refractivity contribution in [3.8, 4) is 11.5 Å². The van der Waals surface area contributed by atoms with Gasteiger partial charge in [0.1, 0.15) is 0 Å². The number of hydrogen-bond donors (Lipinski definition) is 1. The van der Waals surface area contributed by atoms with Crippen LogP contribution in [0.1, 0.15) is 37.8 Å². The van der Waals surface area contributed by atoms with Crippen molar-refractivity contribution in [2.75, 3.05) is 25.6 Å². The summed E-state index contributed by atoms with van der Waals surface area (Å²) < 4.78 is 38.8. The van der Waals surface area contributed by atoms with Gasteiger partial charge in [0.2, 0.25) is 15.9 Å². The Bertz CT molecular complexity index is 1020. The number of amides is 1. The summed E-state index contributed by atoms with van der Waals surface area (Å²) in [6, 6.07) is 10.2. The predicted molar refractivity (Wildman–Crippen MR) is 111 cm³/mol. The first-order chi connectivity index (χ1) is 13.8. The van der Waals surface area contributed by atoms with Crippen molar-refractivity contribution in [3.05, 3.63) is 47.5 Å². The summed E-state index contributed by atoms with van der Waals surface area (Å²) in [5, 5.41) is 2.76. The third-order valence-electron chi connectivity index (χ3n) is 5.02. The topological polar surface area (TPSA) is 84.9 Å². The van der Waals surface area contributed by atoms with Crippen molar-refractivity contribution < 1.29 is 22.7 Å². The molecule has 3 rings (SSSR count). The molecule has 2 aromatic carbocycles. The van der Waals surface area contributed by atoms with Gasteiger partial charge >= 0.3 is 0 Å². The van der Waals surface area contributed by atoms with Gasteiger partial charge in [0.25, 0.3) is 0 Å². The fourth-order valence-electron chi connectivity index (χ4n) is 3.36. The lowest BCUT2D eigenvalue weighted by Gasteiger charge is -2.22. The molecule has 1 amide bonds. The molecule has 0 spiro atoms. The molecule has 7 nitrogen and oxygen atoms in total. The van der Waals surface area contributed by atoms with E-state index in [-0.39, 0.29) is 23.3 Å². The molecule has 1 atom stereocenters. The second-order valence-corrected chi connectivity index (χ2v) is 8.75. The molecule has 0 aromatic heterocycles. The van der Waals surface area contributed by atoms with Crippen LogP contribution in [0.25, 0.3) is 0 Å². The number of carbonyl (C=O) groups excluding carboxylic acids is 1. The molecule has 2 aromatic rings. The van der Waals surface area contributed by atoms with E-state index < -0.39 is 10.0 Å². The number of carbonyl (C=O) groups is 1. The van der Waals surface area contributed by atoms with Crippen LogP contribution in [0.5, 0.6) is 11.5 Å². The van der Waals surface area contributed by atoms with Gasteiger partial charge in [-0.05, 0) is 55.3 Å². The van der Waals surface area contributed by atoms with Crippen molar-refractivity contribution in [1.82, 2.24) is 4.31 Å². The minimum absolute atomic E-state index is 0.122. The molecule has 8 heteroatoms. The molecule has 1 N–H and O–H groups in total. The van der Waals surface area contributed by atoms with Crippen molar-refractivity contribution >= 4 is 21.6 Å². The van der Waals surface area contributed by atoms with E-state index in [1.165, 1.54) is 10.4 Å². The van der Waals surface area contributed by atoms with Crippen LogP contribution in [-0.2, 0) is 21.4 Å². The highest BCUT2D eigenvalue weighted by atomic mass is 32.2. The third kappa shape index (κ3) is 4.09. The first-order valence-corrected chi connectivity index (χ1v) is 11.0. The average molecular weight is 419 g/mol. The highest BCUT2D eigenvalue weighted by molar-refractivity contribution is 7.89. The fourth-order valence-corrected chi connectivity index (χ4v) is 4.83. The lowest BCUT2D eigenvalue weighted by Crippen LogP contribution is -2.30. The summed E-state index contributed by atoms with van der Waals surface area (Å²) in [7, 11) is -2.18. The summed E-state index contributed by atoms with van der Waals surface area (Å²) in [6.07, 6.45) is 0. The number of ether oxygens (including phenoxy) is 2. The lowest BCUT2D eigenvalue weighted by molar-refractivity contribution is -0.116. The molecule has 0 unspecified atom stereocenters. The van der Waals surface area contributed by atoms with Crippen LogP contribution >= 0.6 is 0 Å². The summed E-state index contributed by atoms with van der Waals surface area (Å²) >= 11 is 0. The van der Waals surface area contributed by atoms with Crippen LogP contribution in [0.2, 0.25) is 0 Å². The van der Waals surface area contributed by atoms with Crippen molar-refractivity contribution in [1.29, 1.82) is 0 Å². The van der Waals surface area contributed by atoms with E-state index in [9.17, 15) is 13.2 Å². The number of sulfonamides is 1. The molecule has 1 aliphatic heterocycles. The largest absolute Gasteiger partial charge is 0.493 e. The van der Waals surface area contributed by atoms with Gasteiger partial charge in [0, 0.05) is 18.8 Å². The van der Waals surface area contributed by atoms with Gasteiger partial charge in [-0.2, -0.15) is 4.31 Å². The normalized spacial score (nSPS) is 15.9. The Morgan fingerprint density at radius 2 is 1.86 bits per heavy atom. The zero-order valence-corrected chi connectivity index (χ0v) is 17.9. The Labute approximate surface area is 171 Å². The first kappa shape index (κ1) is 21.1. The maximum absolute atomic E-state index is 13.2. The van der Waals surface area contributed by atoms with Crippen LogP contribution < -0.4 is 14.8 Å². The summed E-state index contributed by atoms with van der Waals surface area (Å²) in [4.78, 5) is 12.0. The number of methoxy groups -OCH3 is 1. The molecule has 0 saturated heterocycles. The molecule has 0 saturated carbocycles. The van der Waals surface area contributed by atoms with Gasteiger partial charge < -0.3 is 14.8 Å². The van der Waals surface area contributed by atoms with Crippen molar-refractivity contribution in [2.45, 2.75) is 38.1 Å². The number of nitrogens with one attached hydrogen (secondary N) is 1. The number of nitrogens with zero attached hydrogens (tertiary/aromatic N) is 1. The minimum Gasteiger partial charge on any atom is -0.493 e. The number of anilines is 1. The zero-order valence-electron chi connectivity index (χ0n) is 17.1. The van der Waals surface area contributed by atoms with Crippen molar-refractivity contribution in [2.24, 2.45) is 0 Å². The molecule has 0 aliphatic carbocycles. The van der Waals surface area contributed by atoms with Crippen LogP contribution in [0.15, 0.2) is 41.3 Å². The SMILES string of the molecule is CCOc1ccc(CN(CC)S(=O)(=O)c2ccc3c(c2)[C@H](C)C(=O)N3)cc1OC. The quantitative estimate of drug-likeness (QED) is 0.711. The molecule has 0 bridgehead atoms. The van der Waals surface area contributed by atoms with Gasteiger partial charge in [-0.25, -0.2) is 8.42 Å². The Kier molecular flexibility index (Phi) is 6.14. The molecular weight excluding hydrogens is 392 g/mol. The number of benzene rings is 2. The van der Waals surface area contributed by atoms with Gasteiger partial charge in [-0.15, -0.1) is 0 Å². The Morgan fingerprint density at radius 3 is 2.52 bits per heavy atom. The van der Waals surface area contributed by atoms with Gasteiger partial charge in [-0.1, -0.05) is 13.0 Å². The molecular formula is C21H26N2O5S. The molecule has 1 aliphatic rings. The van der Waals surface area contributed by atoms with Gasteiger partial charge in [0.15, 0.2) is 11.5 Å². The Morgan fingerprint density at radius 1 is 1.10 bits per heavy atom. The van der Waals surface area contributed by atoms with Crippen LogP contribution in [-0.4, -0.2) is 38.9 Å². The monoisotopic (exact) mass is 418 g/mol. The zero-order chi connectivity index (χ0) is 21.2. The molecule has 0 radical (unpaired) electrons. The molecule has 29 heavy (non-hydrogen) atoms. The standard InChI is InChI=1S/C21H26N2O5S/c1-5-23(13-15-7-10-19(28-6-2)20(11-15)27-4)29(25,26)16-8-9-18-17(12-16)14(3)21(24)22-18/h7-12,14H,5-6,13H2,1-4H3,(H,22,24)/t14-/m0/s1. The van der Waals surface area contributed by atoms with Crippen molar-refractivity contribution in [3.63, 3.8) is 0 Å². The average Bonchev–Trinajstić information content (AvgIpc) is 3.00. The van der Waals surface area contributed by atoms with E-state index in [0.29, 0.717) is 35.9 Å². The summed E-state index contributed by atoms with van der Waals surface area (Å²) in [5.74, 6) is 0.692. The van der Waals surface area contributed by atoms with E-state index in [1.54, 1.807) is 45.2 Å². The second kappa shape index (κ2) is 8.42. The fraction of sp³-hybridized carbons (Fsp3) is 0.381. The highest BCUT2D eigenvalue weighted by Crippen LogP contribution is 2.35. The molecule has 1 heterocycles. The number of fused-ring (bicyclic) bond motifs is 1. The van der Waals surface area contributed by atoms with E-state index in [0.717, 1.165) is 5.56 Å². The predicted octanol–water partition coefficient (Wildman–Crippen LogP) is 3.36. The Balaban J connectivity index is 1.89. The van der Waals surface area contributed by atoms with E-state index in [1.807, 2.05) is 13.0 Å². The second-order valence-electron chi connectivity index (χ2n) is 6.81. The van der Waals surface area contributed by atoms with E-state index >= 15 is 0 Å². The highest BCUT2D eigenvalue weighted by Gasteiger charge is 2.30. The van der Waals surface area contributed by atoms with Gasteiger partial charge in [0.05, 0.1) is 24.5 Å². The van der Waals surface area contributed by atoms with Crippen LogP contribution in [0, 0.1) is 0 Å². The number of hydrogen-bond acceptors (Lipinski definition) is 5. The van der Waals surface area contributed by atoms with E-state index in [4.69, 9.17) is 9.47 Å². The Hall–Kier alpha value is -2.58. The van der Waals surface area contributed by atoms with Crippen LogP contribution in [0.4, 0.5) is 5.69 Å². The summed E-state index contributed by atoms with van der Waals surface area (Å²) in [5.41, 5.74) is 2.16. The molecule has 156 valence electrons.